The highest BCUT2D eigenvalue weighted by Gasteiger charge is 2.33. The van der Waals surface area contributed by atoms with Crippen LogP contribution in [-0.4, -0.2) is 85.0 Å². The van der Waals surface area contributed by atoms with Gasteiger partial charge in [0.15, 0.2) is 0 Å². The topological polar surface area (TPSA) is 120 Å². The minimum Gasteiger partial charge on any atom is -0.396 e. The van der Waals surface area contributed by atoms with Crippen LogP contribution in [0.25, 0.3) is 0 Å². The van der Waals surface area contributed by atoms with E-state index in [1.165, 1.54) is 89.9 Å². The zero-order valence-electron chi connectivity index (χ0n) is 22.7. The van der Waals surface area contributed by atoms with E-state index in [9.17, 15) is 25.5 Å². The summed E-state index contributed by atoms with van der Waals surface area (Å²) in [7, 11) is 0. The maximum absolute atomic E-state index is 9.75. The first-order valence-corrected chi connectivity index (χ1v) is 14.3. The van der Waals surface area contributed by atoms with Crippen molar-refractivity contribution < 1.29 is 35.0 Å². The molecule has 0 rings (SSSR count). The van der Waals surface area contributed by atoms with Crippen molar-refractivity contribution in [3.63, 3.8) is 0 Å². The van der Waals surface area contributed by atoms with Gasteiger partial charge in [-0.05, 0) is 6.42 Å². The average molecular weight is 507 g/mol. The Hall–Kier alpha value is -0.280. The molecule has 0 aromatic carbocycles. The molecule has 0 aromatic rings. The first-order chi connectivity index (χ1) is 17.1. The first-order valence-electron chi connectivity index (χ1n) is 14.3. The van der Waals surface area contributed by atoms with Crippen LogP contribution in [0.1, 0.15) is 110 Å². The summed E-state index contributed by atoms with van der Waals surface area (Å²) in [5, 5.41) is 47.6. The van der Waals surface area contributed by atoms with Gasteiger partial charge in [-0.15, -0.1) is 0 Å². The van der Waals surface area contributed by atoms with Crippen molar-refractivity contribution in [1.82, 2.24) is 0 Å². The van der Waals surface area contributed by atoms with Gasteiger partial charge in [-0.2, -0.15) is 0 Å². The second-order valence-corrected chi connectivity index (χ2v) is 10.6. The number of unbranched alkanes of at least 4 members (excludes halogenated alkanes) is 15. The van der Waals surface area contributed by atoms with Crippen molar-refractivity contribution in [2.24, 2.45) is 10.8 Å². The highest BCUT2D eigenvalue weighted by molar-refractivity contribution is 4.80. The lowest BCUT2D eigenvalue weighted by atomic mass is 9.90. The summed E-state index contributed by atoms with van der Waals surface area (Å²) in [6.07, 6.45) is 21.1. The van der Waals surface area contributed by atoms with Gasteiger partial charge in [-0.25, -0.2) is 0 Å². The lowest BCUT2D eigenvalue weighted by Crippen LogP contribution is -2.43. The Morgan fingerprint density at radius 1 is 0.400 bits per heavy atom. The molecule has 0 radical (unpaired) electrons. The molecule has 35 heavy (non-hydrogen) atoms. The molecule has 0 unspecified atom stereocenters. The SMILES string of the molecule is CCCCCCCCCCCCCCCCCCOCC(CO)(CO)COCC(CO)(CO)CO. The lowest BCUT2D eigenvalue weighted by Gasteiger charge is -2.32. The largest absolute Gasteiger partial charge is 0.396 e. The molecule has 0 spiro atoms. The van der Waals surface area contributed by atoms with E-state index < -0.39 is 30.7 Å². The number of rotatable bonds is 28. The van der Waals surface area contributed by atoms with Crippen LogP contribution in [0, 0.1) is 10.8 Å². The van der Waals surface area contributed by atoms with Crippen molar-refractivity contribution >= 4 is 0 Å². The van der Waals surface area contributed by atoms with Crippen molar-refractivity contribution in [2.75, 3.05) is 59.5 Å². The minimum absolute atomic E-state index is 0.0146. The Morgan fingerprint density at radius 3 is 1.09 bits per heavy atom. The third-order valence-electron chi connectivity index (χ3n) is 7.04. The van der Waals surface area contributed by atoms with E-state index >= 15 is 0 Å². The van der Waals surface area contributed by atoms with Crippen LogP contribution in [0.4, 0.5) is 0 Å². The molecule has 0 aromatic heterocycles. The Bertz CT molecular complexity index is 417. The van der Waals surface area contributed by atoms with Gasteiger partial charge in [0.2, 0.25) is 0 Å². The number of hydrogen-bond acceptors (Lipinski definition) is 7. The van der Waals surface area contributed by atoms with Crippen molar-refractivity contribution in [2.45, 2.75) is 110 Å². The van der Waals surface area contributed by atoms with E-state index in [1.807, 2.05) is 0 Å². The second kappa shape index (κ2) is 24.1. The Morgan fingerprint density at radius 2 is 0.714 bits per heavy atom. The molecule has 0 fully saturated rings. The minimum atomic E-state index is -1.13. The van der Waals surface area contributed by atoms with Crippen LogP contribution in [0.2, 0.25) is 0 Å². The fourth-order valence-electron chi connectivity index (χ4n) is 4.09. The van der Waals surface area contributed by atoms with Crippen molar-refractivity contribution in [3.8, 4) is 0 Å². The van der Waals surface area contributed by atoms with Crippen LogP contribution in [-0.2, 0) is 9.47 Å². The highest BCUT2D eigenvalue weighted by Crippen LogP contribution is 2.21. The van der Waals surface area contributed by atoms with E-state index in [-0.39, 0.29) is 33.0 Å². The van der Waals surface area contributed by atoms with Crippen LogP contribution in [0.5, 0.6) is 0 Å². The van der Waals surface area contributed by atoms with E-state index in [0.717, 1.165) is 12.8 Å². The quantitative estimate of drug-likeness (QED) is 0.101. The van der Waals surface area contributed by atoms with E-state index in [1.54, 1.807) is 0 Å². The first kappa shape index (κ1) is 34.7. The maximum atomic E-state index is 9.75. The summed E-state index contributed by atoms with van der Waals surface area (Å²) in [6, 6.07) is 0. The molecule has 0 heterocycles. The molecule has 0 amide bonds. The number of hydrogen-bond donors (Lipinski definition) is 5. The lowest BCUT2D eigenvalue weighted by molar-refractivity contribution is -0.111. The molecule has 7 nitrogen and oxygen atoms in total. The third kappa shape index (κ3) is 17.7. The number of ether oxygens (including phenoxy) is 2. The van der Waals surface area contributed by atoms with E-state index in [2.05, 4.69) is 6.92 Å². The molecule has 212 valence electrons. The highest BCUT2D eigenvalue weighted by atomic mass is 16.5. The summed E-state index contributed by atoms with van der Waals surface area (Å²) in [5.74, 6) is 0. The van der Waals surface area contributed by atoms with Crippen molar-refractivity contribution in [3.05, 3.63) is 0 Å². The van der Waals surface area contributed by atoms with Gasteiger partial charge in [0, 0.05) is 6.61 Å². The zero-order valence-corrected chi connectivity index (χ0v) is 22.7. The van der Waals surface area contributed by atoms with Crippen LogP contribution >= 0.6 is 0 Å². The Balaban J connectivity index is 3.67. The Labute approximate surface area is 215 Å². The van der Waals surface area contributed by atoms with Crippen LogP contribution in [0.3, 0.4) is 0 Å². The van der Waals surface area contributed by atoms with Gasteiger partial charge in [0.1, 0.15) is 0 Å². The Kier molecular flexibility index (Phi) is 23.9. The molecule has 7 heteroatoms. The van der Waals surface area contributed by atoms with Gasteiger partial charge in [0.05, 0.1) is 63.7 Å². The molecule has 0 saturated heterocycles. The summed E-state index contributed by atoms with van der Waals surface area (Å²) in [4.78, 5) is 0. The predicted octanol–water partition coefficient (Wildman–Crippen LogP) is 4.22. The fourth-order valence-corrected chi connectivity index (χ4v) is 4.09. The molecule has 0 saturated carbocycles. The molecule has 0 aliphatic carbocycles. The molecular formula is C28H58O7. The summed E-state index contributed by atoms with van der Waals surface area (Å²) >= 11 is 0. The molecule has 5 N–H and O–H groups in total. The monoisotopic (exact) mass is 506 g/mol. The number of aliphatic hydroxyl groups is 5. The van der Waals surface area contributed by atoms with Crippen LogP contribution < -0.4 is 0 Å². The average Bonchev–Trinajstić information content (AvgIpc) is 2.89. The fraction of sp³-hybridized carbons (Fsp3) is 1.00. The smallest absolute Gasteiger partial charge is 0.0632 e. The predicted molar refractivity (Wildman–Crippen MR) is 141 cm³/mol. The molecule has 0 atom stereocenters. The standard InChI is InChI=1S/C28H58O7/c1-2-3-4-5-6-7-8-9-10-11-12-13-14-15-16-17-18-34-25-28(22-32,23-33)26-35-24-27(19-29,20-30)21-31/h29-33H,2-26H2,1H3. The number of aliphatic hydroxyl groups excluding tert-OH is 5. The van der Waals surface area contributed by atoms with E-state index in [4.69, 9.17) is 9.47 Å². The summed E-state index contributed by atoms with van der Waals surface area (Å²) < 4.78 is 11.2. The van der Waals surface area contributed by atoms with Crippen molar-refractivity contribution in [1.29, 1.82) is 0 Å². The normalized spacial score (nSPS) is 12.5. The van der Waals surface area contributed by atoms with Gasteiger partial charge < -0.3 is 35.0 Å². The third-order valence-corrected chi connectivity index (χ3v) is 7.04. The zero-order chi connectivity index (χ0) is 26.1. The molecule has 0 bridgehead atoms. The maximum Gasteiger partial charge on any atom is 0.0632 e. The summed E-state index contributed by atoms with van der Waals surface area (Å²) in [5.41, 5.74) is -2.08. The molecular weight excluding hydrogens is 448 g/mol. The molecule has 0 aliphatic rings. The van der Waals surface area contributed by atoms with E-state index in [0.29, 0.717) is 6.61 Å². The summed E-state index contributed by atoms with van der Waals surface area (Å²) in [6.45, 7) is 1.11. The molecule has 0 aliphatic heterocycles. The van der Waals surface area contributed by atoms with Gasteiger partial charge in [-0.1, -0.05) is 103 Å². The van der Waals surface area contributed by atoms with Gasteiger partial charge in [-0.3, -0.25) is 0 Å². The van der Waals surface area contributed by atoms with Gasteiger partial charge >= 0.3 is 0 Å². The van der Waals surface area contributed by atoms with Gasteiger partial charge in [0.25, 0.3) is 0 Å². The second-order valence-electron chi connectivity index (χ2n) is 10.6. The van der Waals surface area contributed by atoms with Crippen LogP contribution in [0.15, 0.2) is 0 Å².